The third kappa shape index (κ3) is 4.81. The van der Waals surface area contributed by atoms with E-state index in [0.717, 1.165) is 63.0 Å². The number of unbranched alkanes of at least 4 members (excludes halogenated alkanes) is 1. The molecule has 164 valence electrons. The summed E-state index contributed by atoms with van der Waals surface area (Å²) in [6.07, 6.45) is 5.40. The lowest BCUT2D eigenvalue weighted by atomic mass is 10.1. The van der Waals surface area contributed by atoms with Crippen LogP contribution in [-0.2, 0) is 17.8 Å². The Morgan fingerprint density at radius 1 is 0.938 bits per heavy atom. The summed E-state index contributed by atoms with van der Waals surface area (Å²) in [4.78, 5) is 26.4. The Bertz CT molecular complexity index is 1170. The highest BCUT2D eigenvalue weighted by Crippen LogP contribution is 2.23. The molecule has 1 amide bonds. The van der Waals surface area contributed by atoms with Gasteiger partial charge in [-0.2, -0.15) is 0 Å². The van der Waals surface area contributed by atoms with E-state index in [2.05, 4.69) is 52.3 Å². The van der Waals surface area contributed by atoms with E-state index in [0.29, 0.717) is 12.3 Å². The molecule has 5 rings (SSSR count). The average molecular weight is 445 g/mol. The lowest BCUT2D eigenvalue weighted by Crippen LogP contribution is -2.48. The second-order valence-electron chi connectivity index (χ2n) is 8.43. The lowest BCUT2D eigenvalue weighted by molar-refractivity contribution is -0.133. The van der Waals surface area contributed by atoms with Crippen LogP contribution in [0.4, 0.5) is 0 Å². The van der Waals surface area contributed by atoms with Crippen LogP contribution in [0.15, 0.2) is 60.8 Å². The fourth-order valence-electron chi connectivity index (χ4n) is 4.43. The molecule has 3 heterocycles. The molecule has 0 bridgehead atoms. The molecule has 1 fully saturated rings. The standard InChI is InChI=1S/C26H28N4OS/c31-25(13-4-3-12-24-28-22-10-1-2-11-23(22)32-24)30-17-15-29(16-18-30)19-21-8-5-7-20-9-6-14-27-26(20)21/h1-2,5-11,14H,3-4,12-13,15-19H2. The van der Waals surface area contributed by atoms with Crippen molar-refractivity contribution in [1.29, 1.82) is 0 Å². The summed E-state index contributed by atoms with van der Waals surface area (Å²) in [6.45, 7) is 4.35. The predicted molar refractivity (Wildman–Crippen MR) is 131 cm³/mol. The number of amides is 1. The third-order valence-electron chi connectivity index (χ3n) is 6.20. The summed E-state index contributed by atoms with van der Waals surface area (Å²) in [5.41, 5.74) is 3.43. The molecule has 1 aliphatic rings. The van der Waals surface area contributed by atoms with Gasteiger partial charge in [-0.1, -0.05) is 36.4 Å². The van der Waals surface area contributed by atoms with Crippen LogP contribution in [-0.4, -0.2) is 51.9 Å². The molecule has 5 nitrogen and oxygen atoms in total. The van der Waals surface area contributed by atoms with Crippen molar-refractivity contribution in [3.63, 3.8) is 0 Å². The average Bonchev–Trinajstić information content (AvgIpc) is 3.25. The summed E-state index contributed by atoms with van der Waals surface area (Å²) in [5, 5.41) is 2.36. The number of fused-ring (bicyclic) bond motifs is 2. The van der Waals surface area contributed by atoms with Gasteiger partial charge in [0.25, 0.3) is 0 Å². The fraction of sp³-hybridized carbons (Fsp3) is 0.346. The summed E-state index contributed by atoms with van der Waals surface area (Å²) in [7, 11) is 0. The number of pyridine rings is 1. The number of aromatic nitrogens is 2. The predicted octanol–water partition coefficient (Wildman–Crippen LogP) is 4.90. The fourth-order valence-corrected chi connectivity index (χ4v) is 5.44. The largest absolute Gasteiger partial charge is 0.340 e. The van der Waals surface area contributed by atoms with Crippen molar-refractivity contribution >= 4 is 38.4 Å². The van der Waals surface area contributed by atoms with Gasteiger partial charge in [0, 0.05) is 50.7 Å². The number of aryl methyl sites for hydroxylation is 1. The van der Waals surface area contributed by atoms with Gasteiger partial charge >= 0.3 is 0 Å². The Labute approximate surface area is 192 Å². The summed E-state index contributed by atoms with van der Waals surface area (Å²) < 4.78 is 1.25. The minimum Gasteiger partial charge on any atom is -0.340 e. The van der Waals surface area contributed by atoms with E-state index in [1.54, 1.807) is 11.3 Å². The van der Waals surface area contributed by atoms with Crippen LogP contribution in [0.2, 0.25) is 0 Å². The molecular formula is C26H28N4OS. The summed E-state index contributed by atoms with van der Waals surface area (Å²) >= 11 is 1.77. The Kier molecular flexibility index (Phi) is 6.41. The Hall–Kier alpha value is -2.83. The van der Waals surface area contributed by atoms with E-state index in [1.165, 1.54) is 20.7 Å². The zero-order valence-corrected chi connectivity index (χ0v) is 19.1. The third-order valence-corrected chi connectivity index (χ3v) is 7.30. The molecule has 0 N–H and O–H groups in total. The molecule has 1 aliphatic heterocycles. The first-order valence-electron chi connectivity index (χ1n) is 11.4. The number of hydrogen-bond donors (Lipinski definition) is 0. The molecule has 0 radical (unpaired) electrons. The van der Waals surface area contributed by atoms with E-state index in [4.69, 9.17) is 4.98 Å². The van der Waals surface area contributed by atoms with Crippen molar-refractivity contribution in [2.45, 2.75) is 32.2 Å². The van der Waals surface area contributed by atoms with Crippen LogP contribution in [0.1, 0.15) is 29.8 Å². The molecule has 0 atom stereocenters. The van der Waals surface area contributed by atoms with Gasteiger partial charge in [-0.05, 0) is 43.0 Å². The van der Waals surface area contributed by atoms with Gasteiger partial charge < -0.3 is 4.90 Å². The van der Waals surface area contributed by atoms with Crippen LogP contribution in [0.5, 0.6) is 0 Å². The molecule has 0 spiro atoms. The normalized spacial score (nSPS) is 14.9. The first-order valence-corrected chi connectivity index (χ1v) is 12.3. The maximum atomic E-state index is 12.7. The van der Waals surface area contributed by atoms with Gasteiger partial charge in [0.2, 0.25) is 5.91 Å². The number of para-hydroxylation sites is 2. The molecule has 0 aliphatic carbocycles. The summed E-state index contributed by atoms with van der Waals surface area (Å²) in [5.74, 6) is 0.292. The van der Waals surface area contributed by atoms with E-state index < -0.39 is 0 Å². The first kappa shape index (κ1) is 21.0. The van der Waals surface area contributed by atoms with Gasteiger partial charge in [0.15, 0.2) is 0 Å². The van der Waals surface area contributed by atoms with E-state index in [-0.39, 0.29) is 0 Å². The number of carbonyl (C=O) groups is 1. The van der Waals surface area contributed by atoms with Crippen molar-refractivity contribution < 1.29 is 4.79 Å². The van der Waals surface area contributed by atoms with Crippen LogP contribution >= 0.6 is 11.3 Å². The Balaban J connectivity index is 1.06. The molecule has 2 aromatic carbocycles. The van der Waals surface area contributed by atoms with Crippen molar-refractivity contribution in [1.82, 2.24) is 19.8 Å². The lowest BCUT2D eigenvalue weighted by Gasteiger charge is -2.35. The number of benzene rings is 2. The van der Waals surface area contributed by atoms with Crippen LogP contribution in [0.25, 0.3) is 21.1 Å². The maximum Gasteiger partial charge on any atom is 0.222 e. The molecule has 32 heavy (non-hydrogen) atoms. The zero-order valence-electron chi connectivity index (χ0n) is 18.2. The highest BCUT2D eigenvalue weighted by molar-refractivity contribution is 7.18. The van der Waals surface area contributed by atoms with Crippen molar-refractivity contribution in [2.75, 3.05) is 26.2 Å². The second-order valence-corrected chi connectivity index (χ2v) is 9.55. The van der Waals surface area contributed by atoms with Gasteiger partial charge in [-0.3, -0.25) is 14.7 Å². The smallest absolute Gasteiger partial charge is 0.222 e. The van der Waals surface area contributed by atoms with Crippen molar-refractivity contribution in [3.8, 4) is 0 Å². The van der Waals surface area contributed by atoms with Crippen LogP contribution < -0.4 is 0 Å². The number of rotatable bonds is 7. The molecule has 2 aromatic heterocycles. The highest BCUT2D eigenvalue weighted by atomic mass is 32.1. The molecule has 4 aromatic rings. The second kappa shape index (κ2) is 9.76. The van der Waals surface area contributed by atoms with E-state index in [9.17, 15) is 4.79 Å². The quantitative estimate of drug-likeness (QED) is 0.380. The van der Waals surface area contributed by atoms with Gasteiger partial charge in [-0.25, -0.2) is 4.98 Å². The Morgan fingerprint density at radius 3 is 2.66 bits per heavy atom. The number of hydrogen-bond acceptors (Lipinski definition) is 5. The minimum atomic E-state index is 0.292. The molecule has 0 unspecified atom stereocenters. The van der Waals surface area contributed by atoms with Gasteiger partial charge in [0.1, 0.15) is 0 Å². The van der Waals surface area contributed by atoms with Crippen molar-refractivity contribution in [2.24, 2.45) is 0 Å². The van der Waals surface area contributed by atoms with Crippen molar-refractivity contribution in [3.05, 3.63) is 71.4 Å². The monoisotopic (exact) mass is 444 g/mol. The minimum absolute atomic E-state index is 0.292. The number of carbonyl (C=O) groups excluding carboxylic acids is 1. The van der Waals surface area contributed by atoms with Gasteiger partial charge in [-0.15, -0.1) is 11.3 Å². The zero-order chi connectivity index (χ0) is 21.8. The number of nitrogens with zero attached hydrogens (tertiary/aromatic N) is 4. The number of thiazole rings is 1. The maximum absolute atomic E-state index is 12.7. The molecule has 0 saturated carbocycles. The summed E-state index contributed by atoms with van der Waals surface area (Å²) in [6, 6.07) is 18.7. The Morgan fingerprint density at radius 2 is 1.78 bits per heavy atom. The number of piperazine rings is 1. The van der Waals surface area contributed by atoms with E-state index in [1.807, 2.05) is 23.2 Å². The first-order chi connectivity index (χ1) is 15.8. The molecular weight excluding hydrogens is 416 g/mol. The van der Waals surface area contributed by atoms with Crippen LogP contribution in [0, 0.1) is 0 Å². The topological polar surface area (TPSA) is 49.3 Å². The van der Waals surface area contributed by atoms with Crippen LogP contribution in [0.3, 0.4) is 0 Å². The highest BCUT2D eigenvalue weighted by Gasteiger charge is 2.21. The van der Waals surface area contributed by atoms with Gasteiger partial charge in [0.05, 0.1) is 20.7 Å². The SMILES string of the molecule is O=C(CCCCc1nc2ccccc2s1)N1CCN(Cc2cccc3cccnc23)CC1. The van der Waals surface area contributed by atoms with E-state index >= 15 is 0 Å². The molecule has 6 heteroatoms. The molecule has 1 saturated heterocycles.